The second-order valence-corrected chi connectivity index (χ2v) is 6.88. The largest absolute Gasteiger partial charge is 0.465 e. The Bertz CT molecular complexity index is 884. The van der Waals surface area contributed by atoms with Crippen LogP contribution < -0.4 is 4.90 Å². The Morgan fingerprint density at radius 3 is 2.46 bits per heavy atom. The number of furan rings is 1. The second-order valence-electron chi connectivity index (χ2n) is 6.88. The molecule has 0 N–H and O–H groups in total. The third-order valence-corrected chi connectivity index (χ3v) is 5.16. The summed E-state index contributed by atoms with van der Waals surface area (Å²) in [6, 6.07) is 12.2. The van der Waals surface area contributed by atoms with Crippen LogP contribution in [-0.4, -0.2) is 53.3 Å². The zero-order valence-corrected chi connectivity index (χ0v) is 15.4. The average molecular weight is 379 g/mol. The van der Waals surface area contributed by atoms with Gasteiger partial charge in [-0.15, -0.1) is 0 Å². The van der Waals surface area contributed by atoms with Crippen LogP contribution in [0.3, 0.4) is 0 Å². The summed E-state index contributed by atoms with van der Waals surface area (Å²) in [6.07, 6.45) is 6.02. The Balaban J connectivity index is 1.36. The summed E-state index contributed by atoms with van der Waals surface area (Å²) in [5.74, 6) is 0.339. The van der Waals surface area contributed by atoms with Crippen molar-refractivity contribution < 1.29 is 18.8 Å². The third kappa shape index (κ3) is 3.55. The third-order valence-electron chi connectivity index (χ3n) is 5.16. The zero-order chi connectivity index (χ0) is 19.5. The van der Waals surface area contributed by atoms with Crippen molar-refractivity contribution in [3.8, 4) is 0 Å². The van der Waals surface area contributed by atoms with E-state index in [9.17, 15) is 14.4 Å². The number of carbonyl (C=O) groups excluding carboxylic acids is 3. The molecule has 0 radical (unpaired) electrons. The Kier molecular flexibility index (Phi) is 4.97. The molecule has 2 saturated heterocycles. The fraction of sp³-hybridized carbons (Fsp3) is 0.286. The van der Waals surface area contributed by atoms with Crippen molar-refractivity contribution in [1.29, 1.82) is 0 Å². The fourth-order valence-corrected chi connectivity index (χ4v) is 3.68. The van der Waals surface area contributed by atoms with E-state index >= 15 is 0 Å². The summed E-state index contributed by atoms with van der Waals surface area (Å²) in [4.78, 5) is 42.1. The monoisotopic (exact) mass is 379 g/mol. The first-order valence-corrected chi connectivity index (χ1v) is 9.32. The molecule has 1 aromatic heterocycles. The summed E-state index contributed by atoms with van der Waals surface area (Å²) < 4.78 is 5.19. The van der Waals surface area contributed by atoms with Crippen molar-refractivity contribution in [3.63, 3.8) is 0 Å². The predicted octanol–water partition coefficient (Wildman–Crippen LogP) is 2.75. The van der Waals surface area contributed by atoms with E-state index in [2.05, 4.69) is 0 Å². The van der Waals surface area contributed by atoms with Crippen LogP contribution >= 0.6 is 0 Å². The first kappa shape index (κ1) is 18.0. The Hall–Kier alpha value is -3.35. The lowest BCUT2D eigenvalue weighted by Crippen LogP contribution is -2.47. The van der Waals surface area contributed by atoms with E-state index in [4.69, 9.17) is 4.42 Å². The number of nitrogens with zero attached hydrogens (tertiary/aromatic N) is 3. The summed E-state index contributed by atoms with van der Waals surface area (Å²) in [5, 5.41) is 0. The number of carbonyl (C=O) groups is 3. The molecule has 0 unspecified atom stereocenters. The molecular formula is C21H21N3O4. The van der Waals surface area contributed by atoms with Crippen LogP contribution in [0.15, 0.2) is 59.2 Å². The lowest BCUT2D eigenvalue weighted by Gasteiger charge is -2.35. The number of piperidine rings is 1. The molecule has 0 spiro atoms. The Morgan fingerprint density at radius 1 is 1.04 bits per heavy atom. The van der Waals surface area contributed by atoms with Gasteiger partial charge in [-0.25, -0.2) is 9.69 Å². The van der Waals surface area contributed by atoms with Gasteiger partial charge in [0.2, 0.25) is 5.91 Å². The van der Waals surface area contributed by atoms with Gasteiger partial charge in [-0.1, -0.05) is 18.2 Å². The number of amides is 4. The van der Waals surface area contributed by atoms with Crippen LogP contribution in [0.2, 0.25) is 0 Å². The van der Waals surface area contributed by atoms with Gasteiger partial charge in [0.1, 0.15) is 12.3 Å². The molecular weight excluding hydrogens is 358 g/mol. The van der Waals surface area contributed by atoms with Crippen molar-refractivity contribution >= 4 is 29.6 Å². The lowest BCUT2D eigenvalue weighted by atomic mass is 10.0. The molecule has 2 fully saturated rings. The first-order valence-electron chi connectivity index (χ1n) is 9.32. The van der Waals surface area contributed by atoms with E-state index in [1.165, 1.54) is 11.0 Å². The highest BCUT2D eigenvalue weighted by Crippen LogP contribution is 2.26. The lowest BCUT2D eigenvalue weighted by molar-refractivity contribution is -0.127. The van der Waals surface area contributed by atoms with Gasteiger partial charge in [0.25, 0.3) is 5.91 Å². The number of rotatable bonds is 4. The highest BCUT2D eigenvalue weighted by Gasteiger charge is 2.41. The number of imide groups is 1. The number of para-hydroxylation sites is 1. The SMILES string of the molecule is O=C(C=Cc1ccco1)N1CCC(N2CC(=O)N(c3ccccc3)C2=O)CC1. The molecule has 3 heterocycles. The molecule has 1 aromatic carbocycles. The van der Waals surface area contributed by atoms with E-state index in [0.29, 0.717) is 37.4 Å². The van der Waals surface area contributed by atoms with Crippen molar-refractivity contribution in [2.45, 2.75) is 18.9 Å². The molecule has 7 heteroatoms. The van der Waals surface area contributed by atoms with Gasteiger partial charge in [0.15, 0.2) is 0 Å². The highest BCUT2D eigenvalue weighted by molar-refractivity contribution is 6.19. The molecule has 0 bridgehead atoms. The number of likely N-dealkylation sites (tertiary alicyclic amines) is 1. The molecule has 28 heavy (non-hydrogen) atoms. The molecule has 144 valence electrons. The van der Waals surface area contributed by atoms with Gasteiger partial charge in [0, 0.05) is 25.2 Å². The van der Waals surface area contributed by atoms with E-state index in [-0.39, 0.29) is 30.4 Å². The summed E-state index contributed by atoms with van der Waals surface area (Å²) in [5.41, 5.74) is 0.593. The first-order chi connectivity index (χ1) is 13.6. The standard InChI is InChI=1S/C21H21N3O4/c25-19(9-8-18-7-4-14-28-18)22-12-10-16(11-13-22)23-15-20(26)24(21(23)27)17-5-2-1-3-6-17/h1-9,14,16H,10-13,15H2. The van der Waals surface area contributed by atoms with Crippen molar-refractivity contribution in [3.05, 3.63) is 60.6 Å². The maximum absolute atomic E-state index is 12.8. The number of hydrogen-bond acceptors (Lipinski definition) is 4. The smallest absolute Gasteiger partial charge is 0.332 e. The van der Waals surface area contributed by atoms with E-state index in [1.807, 2.05) is 6.07 Å². The molecule has 4 amide bonds. The van der Waals surface area contributed by atoms with E-state index in [1.54, 1.807) is 58.5 Å². The van der Waals surface area contributed by atoms with Crippen LogP contribution in [0.1, 0.15) is 18.6 Å². The number of benzene rings is 1. The van der Waals surface area contributed by atoms with Crippen LogP contribution in [0.4, 0.5) is 10.5 Å². The molecule has 2 aliphatic heterocycles. The van der Waals surface area contributed by atoms with Crippen LogP contribution in [0.25, 0.3) is 6.08 Å². The van der Waals surface area contributed by atoms with E-state index < -0.39 is 0 Å². The molecule has 4 rings (SSSR count). The van der Waals surface area contributed by atoms with Crippen molar-refractivity contribution in [1.82, 2.24) is 9.80 Å². The molecule has 7 nitrogen and oxygen atoms in total. The molecule has 2 aromatic rings. The topological polar surface area (TPSA) is 74.1 Å². The van der Waals surface area contributed by atoms with Crippen molar-refractivity contribution in [2.75, 3.05) is 24.5 Å². The van der Waals surface area contributed by atoms with E-state index in [0.717, 1.165) is 0 Å². The minimum atomic E-state index is -0.279. The fourth-order valence-electron chi connectivity index (χ4n) is 3.68. The van der Waals surface area contributed by atoms with Crippen LogP contribution in [0, 0.1) is 0 Å². The summed E-state index contributed by atoms with van der Waals surface area (Å²) in [6.45, 7) is 1.19. The van der Waals surface area contributed by atoms with Gasteiger partial charge in [-0.3, -0.25) is 9.59 Å². The normalized spacial score (nSPS) is 18.5. The zero-order valence-electron chi connectivity index (χ0n) is 15.4. The predicted molar refractivity (Wildman–Crippen MR) is 103 cm³/mol. The molecule has 0 aliphatic carbocycles. The van der Waals surface area contributed by atoms with Gasteiger partial charge in [-0.2, -0.15) is 0 Å². The second kappa shape index (κ2) is 7.72. The minimum Gasteiger partial charge on any atom is -0.465 e. The maximum Gasteiger partial charge on any atom is 0.332 e. The molecule has 2 aliphatic rings. The molecule has 0 atom stereocenters. The Labute approximate surface area is 162 Å². The summed E-state index contributed by atoms with van der Waals surface area (Å²) >= 11 is 0. The van der Waals surface area contributed by atoms with Gasteiger partial charge >= 0.3 is 6.03 Å². The van der Waals surface area contributed by atoms with Crippen molar-refractivity contribution in [2.24, 2.45) is 0 Å². The average Bonchev–Trinajstić information content (AvgIpc) is 3.34. The summed E-state index contributed by atoms with van der Waals surface area (Å²) in [7, 11) is 0. The number of hydrogen-bond donors (Lipinski definition) is 0. The van der Waals surface area contributed by atoms with Crippen LogP contribution in [-0.2, 0) is 9.59 Å². The number of anilines is 1. The number of urea groups is 1. The highest BCUT2D eigenvalue weighted by atomic mass is 16.3. The van der Waals surface area contributed by atoms with Crippen LogP contribution in [0.5, 0.6) is 0 Å². The molecule has 0 saturated carbocycles. The van der Waals surface area contributed by atoms with Gasteiger partial charge in [0.05, 0.1) is 12.0 Å². The minimum absolute atomic E-state index is 0.0386. The quantitative estimate of drug-likeness (QED) is 0.605. The van der Waals surface area contributed by atoms with Gasteiger partial charge in [-0.05, 0) is 43.2 Å². The maximum atomic E-state index is 12.8. The Morgan fingerprint density at radius 2 is 1.79 bits per heavy atom. The van der Waals surface area contributed by atoms with Gasteiger partial charge < -0.3 is 14.2 Å².